The molecule has 146 valence electrons. The van der Waals surface area contributed by atoms with E-state index in [9.17, 15) is 0 Å². The molecular formula is C30H20Se. The Morgan fingerprint density at radius 3 is 0.774 bits per heavy atom. The second kappa shape index (κ2) is 7.70. The van der Waals surface area contributed by atoms with Gasteiger partial charge in [0.2, 0.25) is 0 Å². The predicted molar refractivity (Wildman–Crippen MR) is 137 cm³/mol. The zero-order valence-electron chi connectivity index (χ0n) is 17.0. The molecule has 0 atom stereocenters. The molecule has 0 aliphatic carbocycles. The average molecular weight is 459 g/mol. The molecule has 0 saturated heterocycles. The topological polar surface area (TPSA) is 0 Å². The van der Waals surface area contributed by atoms with E-state index in [0.29, 0.717) is 14.5 Å². The molecule has 0 amide bonds. The number of fused-ring (bicyclic) bond motifs is 9. The molecule has 0 radical (unpaired) electrons. The Labute approximate surface area is 187 Å². The molecule has 0 saturated carbocycles. The first-order chi connectivity index (χ1) is 15.4. The number of benzene rings is 6. The van der Waals surface area contributed by atoms with Gasteiger partial charge in [-0.15, -0.1) is 0 Å². The fourth-order valence-electron chi connectivity index (χ4n) is 4.53. The molecule has 31 heavy (non-hydrogen) atoms. The van der Waals surface area contributed by atoms with Crippen molar-refractivity contribution in [2.24, 2.45) is 0 Å². The maximum Gasteiger partial charge on any atom is -0.00990 e. The molecule has 0 aliphatic rings. The Hall–Kier alpha value is -3.38. The van der Waals surface area contributed by atoms with Crippen LogP contribution in [-0.4, -0.2) is 14.5 Å². The Kier molecular flexibility index (Phi) is 4.57. The minimum atomic E-state index is 0.535. The Balaban J connectivity index is 0.000000126. The molecule has 0 spiro atoms. The van der Waals surface area contributed by atoms with Gasteiger partial charge < -0.3 is 0 Å². The summed E-state index contributed by atoms with van der Waals surface area (Å²) < 4.78 is 3.05. The molecule has 0 bridgehead atoms. The van der Waals surface area contributed by atoms with Gasteiger partial charge in [0, 0.05) is 0 Å². The smallest absolute Gasteiger partial charge is 0.00990 e. The summed E-state index contributed by atoms with van der Waals surface area (Å²) in [4.78, 5) is 0. The van der Waals surface area contributed by atoms with Crippen molar-refractivity contribution in [2.75, 3.05) is 0 Å². The third-order valence-electron chi connectivity index (χ3n) is 5.94. The summed E-state index contributed by atoms with van der Waals surface area (Å²) >= 11 is 0.535. The van der Waals surface area contributed by atoms with Crippen LogP contribution in [0.1, 0.15) is 0 Å². The van der Waals surface area contributed by atoms with E-state index in [1.54, 1.807) is 0 Å². The number of hydrogen-bond donors (Lipinski definition) is 0. The minimum absolute atomic E-state index is 0.535. The van der Waals surface area contributed by atoms with Gasteiger partial charge in [0.1, 0.15) is 0 Å². The van der Waals surface area contributed by atoms with Crippen LogP contribution in [0.3, 0.4) is 0 Å². The maximum absolute atomic E-state index is 2.25. The van der Waals surface area contributed by atoms with E-state index in [0.717, 1.165) is 0 Å². The summed E-state index contributed by atoms with van der Waals surface area (Å²) in [5.74, 6) is 0. The van der Waals surface area contributed by atoms with Crippen molar-refractivity contribution in [3.8, 4) is 0 Å². The van der Waals surface area contributed by atoms with Gasteiger partial charge in [-0.05, 0) is 32.3 Å². The molecule has 0 fully saturated rings. The van der Waals surface area contributed by atoms with Crippen molar-refractivity contribution in [3.05, 3.63) is 121 Å². The van der Waals surface area contributed by atoms with E-state index in [1.165, 1.54) is 51.6 Å². The molecule has 0 N–H and O–H groups in total. The summed E-state index contributed by atoms with van der Waals surface area (Å²) in [7, 11) is 0. The average Bonchev–Trinajstić information content (AvgIpc) is 3.24. The molecule has 0 unspecified atom stereocenters. The monoisotopic (exact) mass is 460 g/mol. The molecule has 1 aromatic heterocycles. The van der Waals surface area contributed by atoms with Crippen molar-refractivity contribution in [1.29, 1.82) is 0 Å². The fraction of sp³-hybridized carbons (Fsp3) is 0. The van der Waals surface area contributed by atoms with Crippen LogP contribution in [0.4, 0.5) is 0 Å². The van der Waals surface area contributed by atoms with Gasteiger partial charge >= 0.3 is 82.3 Å². The number of hydrogen-bond acceptors (Lipinski definition) is 0. The molecular weight excluding hydrogens is 439 g/mol. The first-order valence-corrected chi connectivity index (χ1v) is 12.3. The minimum Gasteiger partial charge on any atom is -0.0616 e. The first-order valence-electron chi connectivity index (χ1n) is 10.5. The third kappa shape index (κ3) is 3.15. The van der Waals surface area contributed by atoms with Crippen molar-refractivity contribution < 1.29 is 0 Å². The van der Waals surface area contributed by atoms with Crippen LogP contribution in [0, 0.1) is 0 Å². The van der Waals surface area contributed by atoms with Gasteiger partial charge in [-0.2, -0.15) is 0 Å². The Morgan fingerprint density at radius 1 is 0.258 bits per heavy atom. The van der Waals surface area contributed by atoms with Gasteiger partial charge in [-0.3, -0.25) is 0 Å². The summed E-state index contributed by atoms with van der Waals surface area (Å²) in [6.07, 6.45) is 0. The second-order valence-electron chi connectivity index (χ2n) is 7.73. The SMILES string of the molecule is c1ccc2c(c1)[se]c1ccccc12.c1ccc2c(c1)c1ccccc1c1ccccc21. The van der Waals surface area contributed by atoms with E-state index in [2.05, 4.69) is 121 Å². The van der Waals surface area contributed by atoms with Crippen molar-refractivity contribution >= 4 is 66.1 Å². The summed E-state index contributed by atoms with van der Waals surface area (Å²) in [6.45, 7) is 0. The van der Waals surface area contributed by atoms with Gasteiger partial charge in [0.25, 0.3) is 0 Å². The zero-order valence-corrected chi connectivity index (χ0v) is 18.7. The van der Waals surface area contributed by atoms with E-state index in [1.807, 2.05) is 0 Å². The summed E-state index contributed by atoms with van der Waals surface area (Å²) in [5.41, 5.74) is 0. The third-order valence-corrected chi connectivity index (χ3v) is 8.35. The zero-order chi connectivity index (χ0) is 20.6. The quantitative estimate of drug-likeness (QED) is 0.158. The molecule has 7 aromatic rings. The fourth-order valence-corrected chi connectivity index (χ4v) is 6.85. The van der Waals surface area contributed by atoms with Gasteiger partial charge in [-0.25, -0.2) is 0 Å². The first kappa shape index (κ1) is 18.4. The summed E-state index contributed by atoms with van der Waals surface area (Å²) in [6, 6.07) is 43.4. The standard InChI is InChI=1S/C18H12.C12H8Se/c1-2-8-14-13(7-1)15-9-3-4-11-17(15)18-12-6-5-10-16(14)18;1-3-7-11-9(5-1)10-6-2-4-8-12(10)13-11/h1-12H;1-8H. The van der Waals surface area contributed by atoms with Crippen LogP contribution in [-0.2, 0) is 0 Å². The van der Waals surface area contributed by atoms with Crippen LogP contribution in [0.15, 0.2) is 121 Å². The molecule has 0 aliphatic heterocycles. The second-order valence-corrected chi connectivity index (χ2v) is 10.0. The van der Waals surface area contributed by atoms with E-state index < -0.39 is 0 Å². The summed E-state index contributed by atoms with van der Waals surface area (Å²) in [5, 5.41) is 10.9. The molecule has 1 heterocycles. The molecule has 0 nitrogen and oxygen atoms in total. The van der Waals surface area contributed by atoms with E-state index in [-0.39, 0.29) is 0 Å². The Bertz CT molecular complexity index is 1420. The van der Waals surface area contributed by atoms with Crippen LogP contribution in [0.2, 0.25) is 0 Å². The van der Waals surface area contributed by atoms with Gasteiger partial charge in [0.05, 0.1) is 0 Å². The maximum atomic E-state index is 2.25. The van der Waals surface area contributed by atoms with Crippen LogP contribution < -0.4 is 0 Å². The molecule has 7 rings (SSSR count). The van der Waals surface area contributed by atoms with Gasteiger partial charge in [-0.1, -0.05) is 72.8 Å². The predicted octanol–water partition coefficient (Wildman–Crippen LogP) is 8.20. The van der Waals surface area contributed by atoms with Crippen molar-refractivity contribution in [3.63, 3.8) is 0 Å². The van der Waals surface area contributed by atoms with Crippen LogP contribution in [0.25, 0.3) is 51.6 Å². The Morgan fingerprint density at radius 2 is 0.484 bits per heavy atom. The van der Waals surface area contributed by atoms with Crippen LogP contribution >= 0.6 is 0 Å². The van der Waals surface area contributed by atoms with E-state index in [4.69, 9.17) is 0 Å². The normalized spacial score (nSPS) is 11.2. The van der Waals surface area contributed by atoms with E-state index >= 15 is 0 Å². The number of rotatable bonds is 0. The molecule has 1 heteroatoms. The van der Waals surface area contributed by atoms with Crippen molar-refractivity contribution in [2.45, 2.75) is 0 Å². The largest absolute Gasteiger partial charge is 0.0616 e. The molecule has 6 aromatic carbocycles. The van der Waals surface area contributed by atoms with Crippen LogP contribution in [0.5, 0.6) is 0 Å². The van der Waals surface area contributed by atoms with Gasteiger partial charge in [0.15, 0.2) is 0 Å². The van der Waals surface area contributed by atoms with Crippen molar-refractivity contribution in [1.82, 2.24) is 0 Å².